The van der Waals surface area contributed by atoms with Crippen LogP contribution in [0.15, 0.2) is 59.1 Å². The molecule has 1 heterocycles. The van der Waals surface area contributed by atoms with Crippen LogP contribution in [0.5, 0.6) is 0 Å². The zero-order chi connectivity index (χ0) is 24.1. The van der Waals surface area contributed by atoms with Crippen LogP contribution in [0.1, 0.15) is 37.8 Å². The monoisotopic (exact) mass is 470 g/mol. The van der Waals surface area contributed by atoms with Crippen molar-refractivity contribution in [2.45, 2.75) is 26.7 Å². The Balaban J connectivity index is 2.32. The van der Waals surface area contributed by atoms with E-state index in [2.05, 4.69) is 4.99 Å². The number of non-ortho nitro benzene ring substituents is 1. The molecule has 9 heteroatoms. The lowest BCUT2D eigenvalue weighted by molar-refractivity contribution is -0.384. The maximum absolute atomic E-state index is 13.2. The summed E-state index contributed by atoms with van der Waals surface area (Å²) < 4.78 is 10.6. The largest absolute Gasteiger partial charge is 0.465 e. The summed E-state index contributed by atoms with van der Waals surface area (Å²) in [5.41, 5.74) is 1.71. The Bertz CT molecular complexity index is 1140. The van der Waals surface area contributed by atoms with E-state index in [4.69, 9.17) is 21.1 Å². The quantitative estimate of drug-likeness (QED) is 0.321. The van der Waals surface area contributed by atoms with Crippen molar-refractivity contribution in [3.63, 3.8) is 0 Å². The number of hydrogen-bond donors (Lipinski definition) is 0. The molecule has 8 nitrogen and oxygen atoms in total. The van der Waals surface area contributed by atoms with E-state index in [1.165, 1.54) is 18.2 Å². The number of rotatable bonds is 7. The molecule has 33 heavy (non-hydrogen) atoms. The first kappa shape index (κ1) is 24.1. The fraction of sp³-hybridized carbons (Fsp3) is 0.292. The Morgan fingerprint density at radius 1 is 1.09 bits per heavy atom. The molecule has 1 aliphatic rings. The average molecular weight is 471 g/mol. The highest BCUT2D eigenvalue weighted by Crippen LogP contribution is 2.43. The van der Waals surface area contributed by atoms with Gasteiger partial charge in [-0.1, -0.05) is 35.9 Å². The zero-order valence-corrected chi connectivity index (χ0v) is 19.2. The standard InChI is InChI=1S/C24H23ClN2O6/c1-4-32-23(28)19-14(3)26-22(15-9-11-17(25)12-10-15)21(24(29)33-5-2)20(19)16-7-6-8-18(13-16)27(30)31/h6-13,19-20H,4-5H2,1-3H3. The maximum atomic E-state index is 13.2. The van der Waals surface area contributed by atoms with Crippen LogP contribution in [0.3, 0.4) is 0 Å². The van der Waals surface area contributed by atoms with E-state index in [-0.39, 0.29) is 24.5 Å². The van der Waals surface area contributed by atoms with E-state index in [0.717, 1.165) is 0 Å². The molecule has 0 radical (unpaired) electrons. The average Bonchev–Trinajstić information content (AvgIpc) is 2.79. The highest BCUT2D eigenvalue weighted by atomic mass is 35.5. The fourth-order valence-corrected chi connectivity index (χ4v) is 3.98. The lowest BCUT2D eigenvalue weighted by Gasteiger charge is -2.32. The van der Waals surface area contributed by atoms with Crippen molar-refractivity contribution in [2.75, 3.05) is 13.2 Å². The third-order valence-corrected chi connectivity index (χ3v) is 5.48. The summed E-state index contributed by atoms with van der Waals surface area (Å²) >= 11 is 6.03. The molecule has 0 fully saturated rings. The second-order valence-corrected chi connectivity index (χ2v) is 7.74. The number of aliphatic imine (C=N–C) groups is 1. The molecule has 172 valence electrons. The van der Waals surface area contributed by atoms with Crippen LogP contribution in [0, 0.1) is 16.0 Å². The third-order valence-electron chi connectivity index (χ3n) is 5.23. The Labute approximate surface area is 196 Å². The Morgan fingerprint density at radius 3 is 2.36 bits per heavy atom. The Morgan fingerprint density at radius 2 is 1.76 bits per heavy atom. The number of halogens is 1. The van der Waals surface area contributed by atoms with Gasteiger partial charge in [-0.15, -0.1) is 0 Å². The molecular formula is C24H23ClN2O6. The maximum Gasteiger partial charge on any atom is 0.336 e. The minimum atomic E-state index is -0.956. The first-order valence-electron chi connectivity index (χ1n) is 10.4. The van der Waals surface area contributed by atoms with Gasteiger partial charge in [0.2, 0.25) is 0 Å². The molecule has 3 rings (SSSR count). The number of nitrogens with zero attached hydrogens (tertiary/aromatic N) is 2. The summed E-state index contributed by atoms with van der Waals surface area (Å²) in [4.78, 5) is 41.7. The molecule has 0 amide bonds. The number of esters is 2. The topological polar surface area (TPSA) is 108 Å². The molecule has 2 atom stereocenters. The zero-order valence-electron chi connectivity index (χ0n) is 18.4. The minimum absolute atomic E-state index is 0.102. The normalized spacial score (nSPS) is 17.9. The van der Waals surface area contributed by atoms with Crippen molar-refractivity contribution < 1.29 is 24.0 Å². The van der Waals surface area contributed by atoms with Crippen LogP contribution in [-0.4, -0.2) is 35.8 Å². The van der Waals surface area contributed by atoms with Gasteiger partial charge < -0.3 is 9.47 Å². The number of carbonyl (C=O) groups is 2. The smallest absolute Gasteiger partial charge is 0.336 e. The summed E-state index contributed by atoms with van der Waals surface area (Å²) in [5, 5.41) is 11.9. The van der Waals surface area contributed by atoms with Crippen molar-refractivity contribution in [1.29, 1.82) is 0 Å². The van der Waals surface area contributed by atoms with Gasteiger partial charge in [0.1, 0.15) is 5.92 Å². The number of hydrogen-bond acceptors (Lipinski definition) is 7. The van der Waals surface area contributed by atoms with Crippen LogP contribution in [0.4, 0.5) is 5.69 Å². The van der Waals surface area contributed by atoms with Gasteiger partial charge in [0.25, 0.3) is 5.69 Å². The van der Waals surface area contributed by atoms with Crippen LogP contribution >= 0.6 is 11.6 Å². The molecule has 0 N–H and O–H groups in total. The van der Waals surface area contributed by atoms with E-state index >= 15 is 0 Å². The Hall–Kier alpha value is -3.52. The minimum Gasteiger partial charge on any atom is -0.465 e. The van der Waals surface area contributed by atoms with Gasteiger partial charge in [0.05, 0.1) is 29.4 Å². The fourth-order valence-electron chi connectivity index (χ4n) is 3.85. The molecule has 0 saturated heterocycles. The lowest BCUT2D eigenvalue weighted by atomic mass is 9.74. The second kappa shape index (κ2) is 10.4. The van der Waals surface area contributed by atoms with Gasteiger partial charge in [-0.25, -0.2) is 4.79 Å². The number of nitro groups is 1. The Kier molecular flexibility index (Phi) is 7.60. The van der Waals surface area contributed by atoms with Crippen molar-refractivity contribution in [2.24, 2.45) is 10.9 Å². The molecule has 2 unspecified atom stereocenters. The SMILES string of the molecule is CCOC(=O)C1=C(c2ccc(Cl)cc2)N=C(C)C(C(=O)OCC)C1c1cccc([N+](=O)[O-])c1. The molecule has 0 spiro atoms. The van der Waals surface area contributed by atoms with Gasteiger partial charge in [-0.05, 0) is 38.5 Å². The number of carbonyl (C=O) groups excluding carboxylic acids is 2. The highest BCUT2D eigenvalue weighted by molar-refractivity contribution is 6.30. The summed E-state index contributed by atoms with van der Waals surface area (Å²) in [7, 11) is 0. The van der Waals surface area contributed by atoms with Gasteiger partial charge in [-0.3, -0.25) is 19.9 Å². The predicted octanol–water partition coefficient (Wildman–Crippen LogP) is 4.96. The van der Waals surface area contributed by atoms with Crippen molar-refractivity contribution in [3.05, 3.63) is 80.4 Å². The molecule has 1 aliphatic heterocycles. The van der Waals surface area contributed by atoms with Crippen molar-refractivity contribution >= 4 is 40.6 Å². The molecular weight excluding hydrogens is 448 g/mol. The molecule has 2 aromatic carbocycles. The summed E-state index contributed by atoms with van der Waals surface area (Å²) in [6, 6.07) is 12.6. The number of benzene rings is 2. The summed E-state index contributed by atoms with van der Waals surface area (Å²) in [5.74, 6) is -3.09. The first-order chi connectivity index (χ1) is 15.8. The first-order valence-corrected chi connectivity index (χ1v) is 10.8. The van der Waals surface area contributed by atoms with E-state index < -0.39 is 28.7 Å². The van der Waals surface area contributed by atoms with Crippen LogP contribution in [0.2, 0.25) is 5.02 Å². The van der Waals surface area contributed by atoms with Gasteiger partial charge in [0, 0.05) is 34.3 Å². The lowest BCUT2D eigenvalue weighted by Crippen LogP contribution is -2.36. The van der Waals surface area contributed by atoms with E-state index in [1.54, 1.807) is 51.1 Å². The molecule has 0 aliphatic carbocycles. The van der Waals surface area contributed by atoms with E-state index in [1.807, 2.05) is 0 Å². The number of ether oxygens (including phenoxy) is 2. The van der Waals surface area contributed by atoms with Crippen molar-refractivity contribution in [1.82, 2.24) is 0 Å². The molecule has 0 saturated carbocycles. The summed E-state index contributed by atoms with van der Waals surface area (Å²) in [6.45, 7) is 5.25. The second-order valence-electron chi connectivity index (χ2n) is 7.30. The third kappa shape index (κ3) is 5.12. The molecule has 0 bridgehead atoms. The predicted molar refractivity (Wildman–Crippen MR) is 124 cm³/mol. The van der Waals surface area contributed by atoms with Crippen LogP contribution in [-0.2, 0) is 19.1 Å². The summed E-state index contributed by atoms with van der Waals surface area (Å²) in [6.07, 6.45) is 0. The van der Waals surface area contributed by atoms with E-state index in [9.17, 15) is 19.7 Å². The van der Waals surface area contributed by atoms with Crippen LogP contribution in [0.25, 0.3) is 5.70 Å². The molecule has 0 aromatic heterocycles. The van der Waals surface area contributed by atoms with Gasteiger partial charge in [0.15, 0.2) is 0 Å². The number of nitro benzene ring substituents is 1. The van der Waals surface area contributed by atoms with Crippen LogP contribution < -0.4 is 0 Å². The van der Waals surface area contributed by atoms with Gasteiger partial charge in [-0.2, -0.15) is 0 Å². The van der Waals surface area contributed by atoms with Gasteiger partial charge >= 0.3 is 11.9 Å². The van der Waals surface area contributed by atoms with E-state index in [0.29, 0.717) is 27.6 Å². The van der Waals surface area contributed by atoms with Crippen molar-refractivity contribution in [3.8, 4) is 0 Å². The molecule has 2 aromatic rings. The highest BCUT2D eigenvalue weighted by Gasteiger charge is 2.43.